The number of carbonyl (C=O) groups excluding carboxylic acids is 1. The Hall–Kier alpha value is -1.69. The Balaban J connectivity index is 1.58. The highest BCUT2D eigenvalue weighted by Crippen LogP contribution is 2.36. The highest BCUT2D eigenvalue weighted by atomic mass is 16.5. The highest BCUT2D eigenvalue weighted by molar-refractivity contribution is 5.79. The summed E-state index contributed by atoms with van der Waals surface area (Å²) < 4.78 is 11.9. The summed E-state index contributed by atoms with van der Waals surface area (Å²) in [5.74, 6) is 0.800. The van der Waals surface area contributed by atoms with Crippen LogP contribution in [0.15, 0.2) is 12.4 Å². The van der Waals surface area contributed by atoms with Crippen molar-refractivity contribution < 1.29 is 14.3 Å². The summed E-state index contributed by atoms with van der Waals surface area (Å²) in [5, 5.41) is 0. The highest BCUT2D eigenvalue weighted by Gasteiger charge is 2.50. The lowest BCUT2D eigenvalue weighted by Gasteiger charge is -2.53. The summed E-state index contributed by atoms with van der Waals surface area (Å²) >= 11 is 0. The van der Waals surface area contributed by atoms with E-state index in [2.05, 4.69) is 9.97 Å². The standard InChI is InChI=1S/C16H23N3O3/c1-11(2)15(20)19-9-16(10-19)6-13(4-5-21-16)22-14-8-17-7-12(3)18-14/h7-8,11,13H,4-6,9-10H2,1-3H3/t13-/m1/s1. The predicted molar refractivity (Wildman–Crippen MR) is 80.5 cm³/mol. The van der Waals surface area contributed by atoms with Crippen LogP contribution in [0.3, 0.4) is 0 Å². The van der Waals surface area contributed by atoms with Gasteiger partial charge in [0.2, 0.25) is 11.8 Å². The Morgan fingerprint density at radius 3 is 2.91 bits per heavy atom. The largest absolute Gasteiger partial charge is 0.473 e. The number of ether oxygens (including phenoxy) is 2. The predicted octanol–water partition coefficient (Wildman–Crippen LogP) is 1.58. The Morgan fingerprint density at radius 1 is 1.45 bits per heavy atom. The molecule has 3 heterocycles. The molecule has 0 aromatic carbocycles. The zero-order chi connectivity index (χ0) is 15.7. The van der Waals surface area contributed by atoms with Gasteiger partial charge in [-0.25, -0.2) is 4.98 Å². The van der Waals surface area contributed by atoms with Crippen LogP contribution in [-0.2, 0) is 9.53 Å². The van der Waals surface area contributed by atoms with Crippen LogP contribution >= 0.6 is 0 Å². The quantitative estimate of drug-likeness (QED) is 0.848. The molecule has 0 unspecified atom stereocenters. The van der Waals surface area contributed by atoms with Crippen molar-refractivity contribution >= 4 is 5.91 Å². The molecule has 22 heavy (non-hydrogen) atoms. The van der Waals surface area contributed by atoms with Crippen LogP contribution in [0, 0.1) is 12.8 Å². The number of aryl methyl sites for hydroxylation is 1. The molecule has 0 N–H and O–H groups in total. The number of nitrogens with zero attached hydrogens (tertiary/aromatic N) is 3. The molecule has 1 amide bonds. The molecule has 3 rings (SSSR count). The van der Waals surface area contributed by atoms with E-state index < -0.39 is 0 Å². The molecule has 0 saturated carbocycles. The Bertz CT molecular complexity index is 555. The van der Waals surface area contributed by atoms with Crippen LogP contribution < -0.4 is 4.74 Å². The Labute approximate surface area is 130 Å². The van der Waals surface area contributed by atoms with E-state index in [9.17, 15) is 4.79 Å². The molecule has 0 bridgehead atoms. The fourth-order valence-corrected chi connectivity index (χ4v) is 3.14. The molecule has 2 saturated heterocycles. The maximum Gasteiger partial charge on any atom is 0.232 e. The monoisotopic (exact) mass is 305 g/mol. The lowest BCUT2D eigenvalue weighted by molar-refractivity contribution is -0.195. The van der Waals surface area contributed by atoms with Gasteiger partial charge in [0.15, 0.2) is 0 Å². The maximum atomic E-state index is 12.0. The van der Waals surface area contributed by atoms with E-state index in [1.54, 1.807) is 12.4 Å². The molecular weight excluding hydrogens is 282 g/mol. The van der Waals surface area contributed by atoms with Crippen molar-refractivity contribution in [2.24, 2.45) is 5.92 Å². The maximum absolute atomic E-state index is 12.0. The van der Waals surface area contributed by atoms with Crippen molar-refractivity contribution in [2.75, 3.05) is 19.7 Å². The van der Waals surface area contributed by atoms with Gasteiger partial charge in [0.05, 0.1) is 31.6 Å². The van der Waals surface area contributed by atoms with Gasteiger partial charge < -0.3 is 14.4 Å². The third-order valence-electron chi connectivity index (χ3n) is 4.23. The van der Waals surface area contributed by atoms with E-state index in [0.717, 1.165) is 18.5 Å². The molecule has 1 spiro atoms. The number of hydrogen-bond donors (Lipinski definition) is 0. The molecule has 6 heteroatoms. The fraction of sp³-hybridized carbons (Fsp3) is 0.688. The first kappa shape index (κ1) is 15.2. The van der Waals surface area contributed by atoms with Crippen LogP contribution in [0.2, 0.25) is 0 Å². The van der Waals surface area contributed by atoms with Gasteiger partial charge in [0, 0.05) is 25.0 Å². The molecule has 1 atom stereocenters. The number of hydrogen-bond acceptors (Lipinski definition) is 5. The van der Waals surface area contributed by atoms with Gasteiger partial charge in [-0.1, -0.05) is 13.8 Å². The van der Waals surface area contributed by atoms with Crippen LogP contribution in [0.1, 0.15) is 32.4 Å². The van der Waals surface area contributed by atoms with Gasteiger partial charge in [-0.15, -0.1) is 0 Å². The normalized spacial score (nSPS) is 23.5. The summed E-state index contributed by atoms with van der Waals surface area (Å²) in [4.78, 5) is 22.3. The molecule has 6 nitrogen and oxygen atoms in total. The van der Waals surface area contributed by atoms with Gasteiger partial charge in [0.25, 0.3) is 0 Å². The van der Waals surface area contributed by atoms with Crippen LogP contribution in [0.4, 0.5) is 0 Å². The first-order chi connectivity index (χ1) is 10.5. The molecule has 1 aromatic heterocycles. The fourth-order valence-electron chi connectivity index (χ4n) is 3.14. The van der Waals surface area contributed by atoms with E-state index in [0.29, 0.717) is 25.6 Å². The summed E-state index contributed by atoms with van der Waals surface area (Å²) in [6.45, 7) is 7.75. The number of likely N-dealkylation sites (tertiary alicyclic amines) is 1. The molecule has 2 aliphatic heterocycles. The van der Waals surface area contributed by atoms with E-state index in [1.807, 2.05) is 25.7 Å². The second-order valence-corrected chi connectivity index (χ2v) is 6.61. The number of amides is 1. The first-order valence-corrected chi connectivity index (χ1v) is 7.85. The minimum Gasteiger partial charge on any atom is -0.473 e. The van der Waals surface area contributed by atoms with E-state index in [1.165, 1.54) is 0 Å². The molecule has 0 radical (unpaired) electrons. The average Bonchev–Trinajstić information content (AvgIpc) is 2.44. The zero-order valence-electron chi connectivity index (χ0n) is 13.4. The summed E-state index contributed by atoms with van der Waals surface area (Å²) in [7, 11) is 0. The van der Waals surface area contributed by atoms with Crippen LogP contribution in [0.25, 0.3) is 0 Å². The van der Waals surface area contributed by atoms with Crippen molar-refractivity contribution in [1.82, 2.24) is 14.9 Å². The van der Waals surface area contributed by atoms with E-state index in [-0.39, 0.29) is 23.5 Å². The van der Waals surface area contributed by atoms with Gasteiger partial charge in [0.1, 0.15) is 11.7 Å². The topological polar surface area (TPSA) is 64.6 Å². The molecular formula is C16H23N3O3. The third-order valence-corrected chi connectivity index (χ3v) is 4.23. The average molecular weight is 305 g/mol. The third kappa shape index (κ3) is 3.06. The van der Waals surface area contributed by atoms with Gasteiger partial charge >= 0.3 is 0 Å². The molecule has 2 aliphatic rings. The number of carbonyl (C=O) groups is 1. The lowest BCUT2D eigenvalue weighted by Crippen LogP contribution is -2.68. The van der Waals surface area contributed by atoms with Crippen LogP contribution in [-0.4, -0.2) is 52.2 Å². The van der Waals surface area contributed by atoms with Crippen molar-refractivity contribution in [3.63, 3.8) is 0 Å². The van der Waals surface area contributed by atoms with Crippen molar-refractivity contribution in [2.45, 2.75) is 45.3 Å². The van der Waals surface area contributed by atoms with Crippen molar-refractivity contribution in [3.05, 3.63) is 18.1 Å². The summed E-state index contributed by atoms with van der Waals surface area (Å²) in [6, 6.07) is 0. The Kier molecular flexibility index (Phi) is 4.04. The Morgan fingerprint density at radius 2 is 2.23 bits per heavy atom. The minimum absolute atomic E-state index is 0.0376. The summed E-state index contributed by atoms with van der Waals surface area (Å²) in [5.41, 5.74) is 0.613. The number of aromatic nitrogens is 2. The van der Waals surface area contributed by atoms with Crippen molar-refractivity contribution in [1.29, 1.82) is 0 Å². The minimum atomic E-state index is -0.231. The SMILES string of the molecule is Cc1cncc(O[C@@H]2CCOC3(C2)CN(C(=O)C(C)C)C3)n1. The van der Waals surface area contributed by atoms with E-state index in [4.69, 9.17) is 9.47 Å². The number of rotatable bonds is 3. The van der Waals surface area contributed by atoms with Gasteiger partial charge in [-0.2, -0.15) is 0 Å². The first-order valence-electron chi connectivity index (χ1n) is 7.85. The molecule has 2 fully saturated rings. The van der Waals surface area contributed by atoms with E-state index >= 15 is 0 Å². The zero-order valence-corrected chi connectivity index (χ0v) is 13.4. The second-order valence-electron chi connectivity index (χ2n) is 6.61. The molecule has 0 aliphatic carbocycles. The van der Waals surface area contributed by atoms with Crippen molar-refractivity contribution in [3.8, 4) is 5.88 Å². The smallest absolute Gasteiger partial charge is 0.232 e. The van der Waals surface area contributed by atoms with Crippen LogP contribution in [0.5, 0.6) is 5.88 Å². The van der Waals surface area contributed by atoms with Gasteiger partial charge in [-0.3, -0.25) is 9.78 Å². The molecule has 120 valence electrons. The summed E-state index contributed by atoms with van der Waals surface area (Å²) in [6.07, 6.45) is 5.06. The lowest BCUT2D eigenvalue weighted by atomic mass is 9.84. The van der Waals surface area contributed by atoms with Gasteiger partial charge in [-0.05, 0) is 6.92 Å². The second kappa shape index (κ2) is 5.83. The molecule has 1 aromatic rings.